The molecule has 1 saturated carbocycles. The van der Waals surface area contributed by atoms with Crippen LogP contribution in [-0.4, -0.2) is 17.5 Å². The van der Waals surface area contributed by atoms with E-state index >= 15 is 0 Å². The predicted octanol–water partition coefficient (Wildman–Crippen LogP) is 3.86. The molecule has 0 aromatic heterocycles. The van der Waals surface area contributed by atoms with Gasteiger partial charge in [-0.3, -0.25) is 4.79 Å². The summed E-state index contributed by atoms with van der Waals surface area (Å²) in [5.41, 5.74) is 1.02. The van der Waals surface area contributed by atoms with E-state index in [1.165, 1.54) is 39.0 Å². The normalized spacial score (nSPS) is 16.3. The number of hydrogen-bond acceptors (Lipinski definition) is 3. The van der Waals surface area contributed by atoms with Crippen molar-refractivity contribution in [1.29, 1.82) is 0 Å². The molecule has 0 spiro atoms. The average molecular weight is 262 g/mol. The molecule has 1 aliphatic carbocycles. The molecule has 1 aromatic carbocycles. The second-order valence-electron chi connectivity index (χ2n) is 5.46. The molecule has 0 amide bonds. The highest BCUT2D eigenvalue weighted by molar-refractivity contribution is 5.97. The molecule has 0 bridgehead atoms. The van der Waals surface area contributed by atoms with E-state index in [1.54, 1.807) is 19.1 Å². The molecule has 0 saturated heterocycles. The highest BCUT2D eigenvalue weighted by Gasteiger charge is 2.16. The van der Waals surface area contributed by atoms with Crippen molar-refractivity contribution < 1.29 is 14.6 Å². The Kier molecular flexibility index (Phi) is 4.46. The highest BCUT2D eigenvalue weighted by Crippen LogP contribution is 2.32. The standard InChI is InChI=1S/C16H22O3/c1-11-15(9-8-14(12(2)17)16(11)18)19-10-13-6-4-3-5-7-13/h8-9,13,18H,3-7,10H2,1-2H3. The molecule has 1 N–H and O–H groups in total. The van der Waals surface area contributed by atoms with Crippen molar-refractivity contribution in [2.24, 2.45) is 5.92 Å². The minimum atomic E-state index is -0.126. The molecule has 0 radical (unpaired) electrons. The van der Waals surface area contributed by atoms with E-state index in [1.807, 2.05) is 0 Å². The molecule has 3 nitrogen and oxygen atoms in total. The number of phenolic OH excluding ortho intramolecular Hbond substituents is 1. The van der Waals surface area contributed by atoms with Gasteiger partial charge in [-0.1, -0.05) is 19.3 Å². The number of ether oxygens (including phenoxy) is 1. The van der Waals surface area contributed by atoms with Gasteiger partial charge >= 0.3 is 0 Å². The average Bonchev–Trinajstić information content (AvgIpc) is 2.41. The summed E-state index contributed by atoms with van der Waals surface area (Å²) in [6.07, 6.45) is 6.39. The zero-order chi connectivity index (χ0) is 13.8. The van der Waals surface area contributed by atoms with E-state index in [4.69, 9.17) is 4.74 Å². The van der Waals surface area contributed by atoms with E-state index in [0.717, 1.165) is 0 Å². The number of benzene rings is 1. The molecule has 0 unspecified atom stereocenters. The van der Waals surface area contributed by atoms with Gasteiger partial charge in [0, 0.05) is 5.56 Å². The Balaban J connectivity index is 2.04. The lowest BCUT2D eigenvalue weighted by Crippen LogP contribution is -2.15. The topological polar surface area (TPSA) is 46.5 Å². The van der Waals surface area contributed by atoms with Crippen molar-refractivity contribution in [3.63, 3.8) is 0 Å². The maximum absolute atomic E-state index is 11.3. The molecule has 3 heteroatoms. The van der Waals surface area contributed by atoms with Gasteiger partial charge in [0.2, 0.25) is 0 Å². The number of ketones is 1. The van der Waals surface area contributed by atoms with Crippen molar-refractivity contribution in [2.45, 2.75) is 46.0 Å². The quantitative estimate of drug-likeness (QED) is 0.838. The first-order chi connectivity index (χ1) is 9.09. The van der Waals surface area contributed by atoms with E-state index in [0.29, 0.717) is 29.4 Å². The lowest BCUT2D eigenvalue weighted by Gasteiger charge is -2.22. The Bertz CT molecular complexity index is 459. The monoisotopic (exact) mass is 262 g/mol. The van der Waals surface area contributed by atoms with Crippen LogP contribution in [0.4, 0.5) is 0 Å². The second-order valence-corrected chi connectivity index (χ2v) is 5.46. The molecule has 19 heavy (non-hydrogen) atoms. The van der Waals surface area contributed by atoms with Gasteiger partial charge in [-0.2, -0.15) is 0 Å². The fraction of sp³-hybridized carbons (Fsp3) is 0.562. The number of carbonyl (C=O) groups is 1. The summed E-state index contributed by atoms with van der Waals surface area (Å²) in [4.78, 5) is 11.3. The minimum Gasteiger partial charge on any atom is -0.507 e. The second kappa shape index (κ2) is 6.09. The van der Waals surface area contributed by atoms with Gasteiger partial charge in [-0.05, 0) is 44.7 Å². The molecule has 0 heterocycles. The van der Waals surface area contributed by atoms with Crippen LogP contribution in [0.1, 0.15) is 54.9 Å². The van der Waals surface area contributed by atoms with Crippen LogP contribution in [0.2, 0.25) is 0 Å². The molecule has 1 aromatic rings. The maximum Gasteiger partial charge on any atom is 0.163 e. The number of phenols is 1. The van der Waals surface area contributed by atoms with Crippen molar-refractivity contribution in [2.75, 3.05) is 6.61 Å². The first kappa shape index (κ1) is 13.9. The third kappa shape index (κ3) is 3.28. The predicted molar refractivity (Wildman–Crippen MR) is 74.9 cm³/mol. The van der Waals surface area contributed by atoms with Crippen LogP contribution >= 0.6 is 0 Å². The highest BCUT2D eigenvalue weighted by atomic mass is 16.5. The molecule has 104 valence electrons. The third-order valence-corrected chi connectivity index (χ3v) is 3.96. The number of Topliss-reactive ketones (excluding diaryl/α,β-unsaturated/α-hetero) is 1. The molecule has 1 fully saturated rings. The van der Waals surface area contributed by atoms with Crippen LogP contribution < -0.4 is 4.74 Å². The van der Waals surface area contributed by atoms with E-state index in [9.17, 15) is 9.90 Å². The van der Waals surface area contributed by atoms with E-state index in [2.05, 4.69) is 0 Å². The van der Waals surface area contributed by atoms with Crippen LogP contribution in [0.25, 0.3) is 0 Å². The summed E-state index contributed by atoms with van der Waals surface area (Å²) >= 11 is 0. The lowest BCUT2D eigenvalue weighted by molar-refractivity contribution is 0.101. The van der Waals surface area contributed by atoms with Crippen molar-refractivity contribution in [1.82, 2.24) is 0 Å². The fourth-order valence-corrected chi connectivity index (χ4v) is 2.68. The van der Waals surface area contributed by atoms with Crippen molar-refractivity contribution >= 4 is 5.78 Å². The number of hydrogen-bond donors (Lipinski definition) is 1. The summed E-state index contributed by atoms with van der Waals surface area (Å²) < 4.78 is 5.82. The summed E-state index contributed by atoms with van der Waals surface area (Å²) in [6, 6.07) is 3.43. The van der Waals surface area contributed by atoms with Crippen LogP contribution in [0, 0.1) is 12.8 Å². The van der Waals surface area contributed by atoms with E-state index < -0.39 is 0 Å². The molecule has 2 rings (SSSR count). The maximum atomic E-state index is 11.3. The van der Waals surface area contributed by atoms with Crippen molar-refractivity contribution in [3.05, 3.63) is 23.3 Å². The minimum absolute atomic E-state index is 0.0497. The molecule has 0 aliphatic heterocycles. The summed E-state index contributed by atoms with van der Waals surface area (Å²) in [5, 5.41) is 9.98. The number of carbonyl (C=O) groups excluding carboxylic acids is 1. The molecular formula is C16H22O3. The Morgan fingerprint density at radius 3 is 2.63 bits per heavy atom. The van der Waals surface area contributed by atoms with Gasteiger partial charge in [0.25, 0.3) is 0 Å². The summed E-state index contributed by atoms with van der Waals surface area (Å²) in [5.74, 6) is 1.24. The van der Waals surface area contributed by atoms with Gasteiger partial charge in [-0.25, -0.2) is 0 Å². The smallest absolute Gasteiger partial charge is 0.163 e. The van der Waals surface area contributed by atoms with Gasteiger partial charge < -0.3 is 9.84 Å². The van der Waals surface area contributed by atoms with Crippen LogP contribution in [0.15, 0.2) is 12.1 Å². The van der Waals surface area contributed by atoms with Crippen LogP contribution in [0.5, 0.6) is 11.5 Å². The Labute approximate surface area is 114 Å². The van der Waals surface area contributed by atoms with Gasteiger partial charge in [0.1, 0.15) is 11.5 Å². The number of aromatic hydroxyl groups is 1. The van der Waals surface area contributed by atoms with E-state index in [-0.39, 0.29) is 11.5 Å². The Hall–Kier alpha value is -1.51. The molecule has 0 atom stereocenters. The third-order valence-electron chi connectivity index (χ3n) is 3.96. The molecular weight excluding hydrogens is 240 g/mol. The zero-order valence-electron chi connectivity index (χ0n) is 11.7. The van der Waals surface area contributed by atoms with Gasteiger partial charge in [-0.15, -0.1) is 0 Å². The first-order valence-electron chi connectivity index (χ1n) is 7.06. The van der Waals surface area contributed by atoms with Gasteiger partial charge in [0.05, 0.1) is 12.2 Å². The van der Waals surface area contributed by atoms with Gasteiger partial charge in [0.15, 0.2) is 5.78 Å². The number of rotatable bonds is 4. The fourth-order valence-electron chi connectivity index (χ4n) is 2.68. The summed E-state index contributed by atoms with van der Waals surface area (Å²) in [6.45, 7) is 3.95. The molecule has 1 aliphatic rings. The largest absolute Gasteiger partial charge is 0.507 e. The first-order valence-corrected chi connectivity index (χ1v) is 7.06. The van der Waals surface area contributed by atoms with Crippen LogP contribution in [0.3, 0.4) is 0 Å². The lowest BCUT2D eigenvalue weighted by atomic mass is 9.90. The SMILES string of the molecule is CC(=O)c1ccc(OCC2CCCCC2)c(C)c1O. The summed E-state index contributed by atoms with van der Waals surface area (Å²) in [7, 11) is 0. The zero-order valence-corrected chi connectivity index (χ0v) is 11.7. The Morgan fingerprint density at radius 2 is 2.00 bits per heavy atom. The Morgan fingerprint density at radius 1 is 1.32 bits per heavy atom. The van der Waals surface area contributed by atoms with Crippen molar-refractivity contribution in [3.8, 4) is 11.5 Å². The van der Waals surface area contributed by atoms with Crippen LogP contribution in [-0.2, 0) is 0 Å².